The summed E-state index contributed by atoms with van der Waals surface area (Å²) in [4.78, 5) is 2.53. The predicted molar refractivity (Wildman–Crippen MR) is 57.2 cm³/mol. The lowest BCUT2D eigenvalue weighted by atomic mass is 10.0. The molecule has 3 atom stereocenters. The summed E-state index contributed by atoms with van der Waals surface area (Å²) in [6.07, 6.45) is 2.28. The molecule has 3 heteroatoms. The maximum atomic E-state index is 6.02. The van der Waals surface area contributed by atoms with E-state index in [-0.39, 0.29) is 5.60 Å². The number of hydrogen-bond donors (Lipinski definition) is 1. The zero-order valence-electron chi connectivity index (χ0n) is 9.49. The lowest BCUT2D eigenvalue weighted by molar-refractivity contribution is 0.0325. The number of likely N-dealkylation sites (tertiary alicyclic amines) is 1. The van der Waals surface area contributed by atoms with Crippen LogP contribution in [-0.2, 0) is 4.74 Å². The van der Waals surface area contributed by atoms with Crippen LogP contribution in [0.2, 0.25) is 0 Å². The minimum atomic E-state index is 0.0665. The van der Waals surface area contributed by atoms with Crippen molar-refractivity contribution < 1.29 is 4.74 Å². The molecule has 3 unspecified atom stereocenters. The summed E-state index contributed by atoms with van der Waals surface area (Å²) in [5.41, 5.74) is 6.09. The van der Waals surface area contributed by atoms with Crippen molar-refractivity contribution in [3.63, 3.8) is 0 Å². The fourth-order valence-corrected chi connectivity index (χ4v) is 2.72. The highest BCUT2D eigenvalue weighted by Gasteiger charge is 2.40. The quantitative estimate of drug-likeness (QED) is 0.682. The summed E-state index contributed by atoms with van der Waals surface area (Å²) in [6, 6.07) is 1.48. The van der Waals surface area contributed by atoms with Crippen LogP contribution in [-0.4, -0.2) is 41.8 Å². The second-order valence-corrected chi connectivity index (χ2v) is 5.36. The van der Waals surface area contributed by atoms with Gasteiger partial charge in [-0.25, -0.2) is 0 Å². The fraction of sp³-hybridized carbons (Fsp3) is 1.00. The molecule has 0 aliphatic carbocycles. The maximum absolute atomic E-state index is 6.02. The molecule has 0 radical (unpaired) electrons. The number of hydrogen-bond acceptors (Lipinski definition) is 3. The predicted octanol–water partition coefficient (Wildman–Crippen LogP) is 0.975. The Kier molecular flexibility index (Phi) is 2.58. The van der Waals surface area contributed by atoms with E-state index < -0.39 is 0 Å². The molecule has 0 aromatic heterocycles. The molecular formula is C11H22N2O. The highest BCUT2D eigenvalue weighted by Crippen LogP contribution is 2.31. The molecule has 2 N–H and O–H groups in total. The van der Waals surface area contributed by atoms with Gasteiger partial charge < -0.3 is 10.5 Å². The van der Waals surface area contributed by atoms with Gasteiger partial charge in [0, 0.05) is 24.7 Å². The number of rotatable bonds is 1. The largest absolute Gasteiger partial charge is 0.374 e. The molecular weight excluding hydrogens is 176 g/mol. The first kappa shape index (κ1) is 10.4. The van der Waals surface area contributed by atoms with Gasteiger partial charge in [-0.3, -0.25) is 4.90 Å². The van der Waals surface area contributed by atoms with Gasteiger partial charge in [-0.2, -0.15) is 0 Å². The van der Waals surface area contributed by atoms with Crippen molar-refractivity contribution in [1.82, 2.24) is 4.90 Å². The van der Waals surface area contributed by atoms with E-state index in [1.165, 1.54) is 0 Å². The van der Waals surface area contributed by atoms with Crippen molar-refractivity contribution in [1.29, 1.82) is 0 Å². The number of ether oxygens (including phenoxy) is 1. The highest BCUT2D eigenvalue weighted by atomic mass is 16.5. The summed E-state index contributed by atoms with van der Waals surface area (Å²) >= 11 is 0. The van der Waals surface area contributed by atoms with Crippen LogP contribution in [0.25, 0.3) is 0 Å². The van der Waals surface area contributed by atoms with E-state index in [0.717, 1.165) is 26.0 Å². The van der Waals surface area contributed by atoms with Crippen molar-refractivity contribution in [2.45, 2.75) is 57.3 Å². The van der Waals surface area contributed by atoms with E-state index in [0.29, 0.717) is 18.1 Å². The average molecular weight is 198 g/mol. The monoisotopic (exact) mass is 198 g/mol. The van der Waals surface area contributed by atoms with Crippen LogP contribution in [0, 0.1) is 0 Å². The van der Waals surface area contributed by atoms with Gasteiger partial charge in [0.15, 0.2) is 0 Å². The van der Waals surface area contributed by atoms with Gasteiger partial charge in [0.25, 0.3) is 0 Å². The zero-order valence-corrected chi connectivity index (χ0v) is 9.49. The molecule has 14 heavy (non-hydrogen) atoms. The Morgan fingerprint density at radius 1 is 1.43 bits per heavy atom. The molecule has 2 rings (SSSR count). The van der Waals surface area contributed by atoms with Crippen LogP contribution in [0.4, 0.5) is 0 Å². The van der Waals surface area contributed by atoms with Crippen LogP contribution >= 0.6 is 0 Å². The molecule has 2 fully saturated rings. The molecule has 0 saturated carbocycles. The highest BCUT2D eigenvalue weighted by molar-refractivity contribution is 4.95. The van der Waals surface area contributed by atoms with Crippen molar-refractivity contribution in [2.75, 3.05) is 13.2 Å². The Hall–Kier alpha value is -0.120. The minimum Gasteiger partial charge on any atom is -0.374 e. The molecule has 0 aromatic carbocycles. The fourth-order valence-electron chi connectivity index (χ4n) is 2.72. The normalized spacial score (nSPS) is 43.3. The van der Waals surface area contributed by atoms with E-state index in [4.69, 9.17) is 10.5 Å². The van der Waals surface area contributed by atoms with Crippen LogP contribution in [0.3, 0.4) is 0 Å². The van der Waals surface area contributed by atoms with E-state index in [1.807, 2.05) is 0 Å². The number of nitrogens with two attached hydrogens (primary N) is 1. The second kappa shape index (κ2) is 3.47. The van der Waals surface area contributed by atoms with Crippen molar-refractivity contribution >= 4 is 0 Å². The lowest BCUT2D eigenvalue weighted by Gasteiger charge is -2.28. The molecule has 0 aromatic rings. The summed E-state index contributed by atoms with van der Waals surface area (Å²) in [6.45, 7) is 8.61. The summed E-state index contributed by atoms with van der Waals surface area (Å²) in [7, 11) is 0. The van der Waals surface area contributed by atoms with Crippen LogP contribution in [0.15, 0.2) is 0 Å². The second-order valence-electron chi connectivity index (χ2n) is 5.36. The molecule has 0 spiro atoms. The summed E-state index contributed by atoms with van der Waals surface area (Å²) in [5, 5.41) is 0. The smallest absolute Gasteiger partial charge is 0.0643 e. The zero-order chi connectivity index (χ0) is 10.3. The van der Waals surface area contributed by atoms with Gasteiger partial charge in [-0.15, -0.1) is 0 Å². The Bertz CT molecular complexity index is 217. The van der Waals surface area contributed by atoms with Crippen LogP contribution < -0.4 is 5.73 Å². The van der Waals surface area contributed by atoms with Crippen LogP contribution in [0.1, 0.15) is 33.6 Å². The third-order valence-electron chi connectivity index (χ3n) is 3.73. The molecule has 0 bridgehead atoms. The SMILES string of the molecule is CC1C(N)CCN1C1COC(C)(C)C1. The van der Waals surface area contributed by atoms with Gasteiger partial charge in [-0.1, -0.05) is 0 Å². The van der Waals surface area contributed by atoms with E-state index >= 15 is 0 Å². The van der Waals surface area contributed by atoms with Crippen LogP contribution in [0.5, 0.6) is 0 Å². The third kappa shape index (κ3) is 1.81. The van der Waals surface area contributed by atoms with E-state index in [2.05, 4.69) is 25.7 Å². The van der Waals surface area contributed by atoms with Gasteiger partial charge in [0.1, 0.15) is 0 Å². The molecule has 0 amide bonds. The average Bonchev–Trinajstić information content (AvgIpc) is 2.59. The Morgan fingerprint density at radius 2 is 2.14 bits per heavy atom. The maximum Gasteiger partial charge on any atom is 0.0643 e. The van der Waals surface area contributed by atoms with Gasteiger partial charge >= 0.3 is 0 Å². The van der Waals surface area contributed by atoms with Crippen molar-refractivity contribution in [3.8, 4) is 0 Å². The molecule has 2 aliphatic rings. The first-order chi connectivity index (χ1) is 6.49. The Morgan fingerprint density at radius 3 is 2.57 bits per heavy atom. The van der Waals surface area contributed by atoms with E-state index in [9.17, 15) is 0 Å². The molecule has 2 saturated heterocycles. The van der Waals surface area contributed by atoms with Gasteiger partial charge in [0.05, 0.1) is 12.2 Å². The molecule has 2 heterocycles. The molecule has 2 aliphatic heterocycles. The molecule has 82 valence electrons. The number of nitrogens with zero attached hydrogens (tertiary/aromatic N) is 1. The Balaban J connectivity index is 1.97. The summed E-state index contributed by atoms with van der Waals surface area (Å²) < 4.78 is 5.77. The lowest BCUT2D eigenvalue weighted by Crippen LogP contribution is -2.43. The standard InChI is InChI=1S/C11H22N2O/c1-8-10(12)4-5-13(8)9-6-11(2,3)14-7-9/h8-10H,4-7,12H2,1-3H3. The topological polar surface area (TPSA) is 38.5 Å². The molecule has 3 nitrogen and oxygen atoms in total. The first-order valence-electron chi connectivity index (χ1n) is 5.65. The van der Waals surface area contributed by atoms with Gasteiger partial charge in [0.2, 0.25) is 0 Å². The van der Waals surface area contributed by atoms with E-state index in [1.54, 1.807) is 0 Å². The summed E-state index contributed by atoms with van der Waals surface area (Å²) in [5.74, 6) is 0. The first-order valence-corrected chi connectivity index (χ1v) is 5.65. The van der Waals surface area contributed by atoms with Crippen molar-refractivity contribution in [2.24, 2.45) is 5.73 Å². The van der Waals surface area contributed by atoms with Gasteiger partial charge in [-0.05, 0) is 33.6 Å². The van der Waals surface area contributed by atoms with Crippen molar-refractivity contribution in [3.05, 3.63) is 0 Å². The minimum absolute atomic E-state index is 0.0665. The third-order valence-corrected chi connectivity index (χ3v) is 3.73. The Labute approximate surface area is 86.6 Å².